The number of phenolic OH excluding ortho intramolecular Hbond substituents is 1. The van der Waals surface area contributed by atoms with Gasteiger partial charge in [0.25, 0.3) is 0 Å². The van der Waals surface area contributed by atoms with E-state index in [1.807, 2.05) is 29.7 Å². The largest absolute Gasteiger partial charge is 0.506 e. The minimum absolute atomic E-state index is 0.141. The van der Waals surface area contributed by atoms with Crippen LogP contribution in [0.25, 0.3) is 16.7 Å². The summed E-state index contributed by atoms with van der Waals surface area (Å²) in [5.41, 5.74) is 2.31. The van der Waals surface area contributed by atoms with Crippen molar-refractivity contribution in [1.29, 1.82) is 0 Å². The van der Waals surface area contributed by atoms with Gasteiger partial charge in [0.05, 0.1) is 10.7 Å². The lowest BCUT2D eigenvalue weighted by Gasteiger charge is -2.09. The highest BCUT2D eigenvalue weighted by Crippen LogP contribution is 2.32. The fourth-order valence-corrected chi connectivity index (χ4v) is 3.99. The third-order valence-electron chi connectivity index (χ3n) is 4.20. The van der Waals surface area contributed by atoms with Crippen LogP contribution in [0, 0.1) is 6.92 Å². The summed E-state index contributed by atoms with van der Waals surface area (Å²) in [6, 6.07) is 10.0. The maximum absolute atomic E-state index is 11.9. The van der Waals surface area contributed by atoms with Crippen LogP contribution in [-0.2, 0) is 5.75 Å². The second-order valence-corrected chi connectivity index (χ2v) is 7.85. The smallest absolute Gasteiger partial charge is 0.336 e. The van der Waals surface area contributed by atoms with Gasteiger partial charge in [0, 0.05) is 28.3 Å². The predicted octanol–water partition coefficient (Wildman–Crippen LogP) is 4.99. The van der Waals surface area contributed by atoms with E-state index in [9.17, 15) is 9.90 Å². The van der Waals surface area contributed by atoms with Gasteiger partial charge in [-0.2, -0.15) is 0 Å². The number of hydrogen-bond acceptors (Lipinski definition) is 6. The van der Waals surface area contributed by atoms with Crippen LogP contribution in [0.1, 0.15) is 11.1 Å². The van der Waals surface area contributed by atoms with Crippen LogP contribution in [0.3, 0.4) is 0 Å². The third-order valence-corrected chi connectivity index (χ3v) is 5.91. The molecule has 2 aromatic carbocycles. The van der Waals surface area contributed by atoms with Gasteiger partial charge in [-0.25, -0.2) is 4.79 Å². The Bertz CT molecular complexity index is 1250. The Kier molecular flexibility index (Phi) is 5.05. The van der Waals surface area contributed by atoms with E-state index in [0.717, 1.165) is 16.8 Å². The number of phenols is 1. The molecule has 2 heterocycles. The number of aromatic nitrogens is 3. The van der Waals surface area contributed by atoms with Crippen LogP contribution in [-0.4, -0.2) is 19.9 Å². The second kappa shape index (κ2) is 7.50. The SMILES string of the molecule is Cc1ccc(-n2cnnc2SCc2cc(=O)oc3cc(O)c(Cl)cc23)cc1Cl. The van der Waals surface area contributed by atoms with Crippen molar-refractivity contribution in [3.8, 4) is 11.4 Å². The Morgan fingerprint density at radius 2 is 2.00 bits per heavy atom. The fraction of sp³-hybridized carbons (Fsp3) is 0.105. The highest BCUT2D eigenvalue weighted by atomic mass is 35.5. The molecule has 0 saturated heterocycles. The number of hydrogen-bond donors (Lipinski definition) is 1. The van der Waals surface area contributed by atoms with Crippen molar-refractivity contribution in [2.75, 3.05) is 0 Å². The third kappa shape index (κ3) is 3.61. The van der Waals surface area contributed by atoms with Crippen LogP contribution in [0.2, 0.25) is 10.0 Å². The second-order valence-electron chi connectivity index (χ2n) is 6.10. The molecule has 142 valence electrons. The molecular formula is C19H13Cl2N3O3S. The molecule has 0 aliphatic rings. The van der Waals surface area contributed by atoms with Crippen LogP contribution >= 0.6 is 35.0 Å². The van der Waals surface area contributed by atoms with Gasteiger partial charge in [0.2, 0.25) is 0 Å². The molecule has 4 aromatic rings. The fourth-order valence-electron chi connectivity index (χ4n) is 2.73. The van der Waals surface area contributed by atoms with E-state index < -0.39 is 5.63 Å². The van der Waals surface area contributed by atoms with Crippen molar-refractivity contribution in [3.05, 3.63) is 74.3 Å². The van der Waals surface area contributed by atoms with Gasteiger partial charge in [-0.1, -0.05) is 41.0 Å². The normalized spacial score (nSPS) is 11.2. The Balaban J connectivity index is 1.68. The summed E-state index contributed by atoms with van der Waals surface area (Å²) in [6.45, 7) is 1.93. The van der Waals surface area contributed by atoms with Crippen molar-refractivity contribution < 1.29 is 9.52 Å². The molecule has 0 amide bonds. The molecule has 0 aliphatic carbocycles. The van der Waals surface area contributed by atoms with E-state index in [0.29, 0.717) is 21.3 Å². The summed E-state index contributed by atoms with van der Waals surface area (Å²) in [5, 5.41) is 20.0. The first-order valence-corrected chi connectivity index (χ1v) is 9.91. The average molecular weight is 434 g/mol. The van der Waals surface area contributed by atoms with E-state index in [-0.39, 0.29) is 16.4 Å². The minimum Gasteiger partial charge on any atom is -0.506 e. The summed E-state index contributed by atoms with van der Waals surface area (Å²) >= 11 is 13.6. The monoisotopic (exact) mass is 433 g/mol. The van der Waals surface area contributed by atoms with Gasteiger partial charge < -0.3 is 9.52 Å². The van der Waals surface area contributed by atoms with Gasteiger partial charge in [-0.3, -0.25) is 4.57 Å². The molecule has 0 saturated carbocycles. The van der Waals surface area contributed by atoms with Gasteiger partial charge in [0.15, 0.2) is 5.16 Å². The van der Waals surface area contributed by atoms with Gasteiger partial charge >= 0.3 is 5.63 Å². The molecule has 0 radical (unpaired) electrons. The summed E-state index contributed by atoms with van der Waals surface area (Å²) < 4.78 is 6.98. The zero-order valence-electron chi connectivity index (χ0n) is 14.5. The van der Waals surface area contributed by atoms with E-state index in [1.54, 1.807) is 12.4 Å². The van der Waals surface area contributed by atoms with Crippen LogP contribution in [0.15, 0.2) is 57.1 Å². The van der Waals surface area contributed by atoms with Crippen molar-refractivity contribution in [2.24, 2.45) is 0 Å². The number of nitrogens with zero attached hydrogens (tertiary/aromatic N) is 3. The topological polar surface area (TPSA) is 81.2 Å². The molecule has 4 rings (SSSR count). The number of thioether (sulfide) groups is 1. The molecule has 28 heavy (non-hydrogen) atoms. The quantitative estimate of drug-likeness (QED) is 0.360. The number of benzene rings is 2. The Labute approximate surface area is 173 Å². The molecule has 0 bridgehead atoms. The number of aromatic hydroxyl groups is 1. The Morgan fingerprint density at radius 1 is 1.18 bits per heavy atom. The van der Waals surface area contributed by atoms with E-state index in [1.165, 1.54) is 23.9 Å². The van der Waals surface area contributed by atoms with Crippen molar-refractivity contribution >= 4 is 45.9 Å². The van der Waals surface area contributed by atoms with E-state index in [4.69, 9.17) is 27.6 Å². The summed E-state index contributed by atoms with van der Waals surface area (Å²) in [5.74, 6) is 0.291. The maximum Gasteiger partial charge on any atom is 0.336 e. The van der Waals surface area contributed by atoms with Crippen molar-refractivity contribution in [1.82, 2.24) is 14.8 Å². The molecule has 6 nitrogen and oxygen atoms in total. The molecule has 9 heteroatoms. The van der Waals surface area contributed by atoms with E-state index >= 15 is 0 Å². The number of fused-ring (bicyclic) bond motifs is 1. The predicted molar refractivity (Wildman–Crippen MR) is 110 cm³/mol. The zero-order valence-corrected chi connectivity index (χ0v) is 16.8. The lowest BCUT2D eigenvalue weighted by Crippen LogP contribution is -2.01. The highest BCUT2D eigenvalue weighted by molar-refractivity contribution is 7.98. The average Bonchev–Trinajstić information content (AvgIpc) is 3.12. The van der Waals surface area contributed by atoms with E-state index in [2.05, 4.69) is 10.2 Å². The lowest BCUT2D eigenvalue weighted by molar-refractivity contribution is 0.473. The van der Waals surface area contributed by atoms with Gasteiger partial charge in [0.1, 0.15) is 17.7 Å². The zero-order chi connectivity index (χ0) is 19.8. The van der Waals surface area contributed by atoms with Crippen LogP contribution < -0.4 is 5.63 Å². The Hall–Kier alpha value is -2.48. The summed E-state index contributed by atoms with van der Waals surface area (Å²) in [7, 11) is 0. The number of aryl methyl sites for hydroxylation is 1. The van der Waals surface area contributed by atoms with Crippen LogP contribution in [0.4, 0.5) is 0 Å². The summed E-state index contributed by atoms with van der Waals surface area (Å²) in [6.07, 6.45) is 1.61. The molecule has 1 N–H and O–H groups in total. The minimum atomic E-state index is -0.503. The van der Waals surface area contributed by atoms with Gasteiger partial charge in [-0.05, 0) is 36.2 Å². The first-order chi connectivity index (χ1) is 13.4. The standard InChI is InChI=1S/C19H13Cl2N3O3S/c1-10-2-3-12(5-14(10)20)24-9-22-23-19(24)28-8-11-4-18(26)27-17-7-16(25)15(21)6-13(11)17/h2-7,9,25H,8H2,1H3. The first-order valence-electron chi connectivity index (χ1n) is 8.17. The number of rotatable bonds is 4. The maximum atomic E-state index is 11.9. The molecule has 0 atom stereocenters. The molecule has 2 aromatic heterocycles. The molecule has 0 unspecified atom stereocenters. The Morgan fingerprint density at radius 3 is 2.79 bits per heavy atom. The lowest BCUT2D eigenvalue weighted by atomic mass is 10.1. The van der Waals surface area contributed by atoms with Crippen molar-refractivity contribution in [2.45, 2.75) is 17.8 Å². The molecule has 0 spiro atoms. The molecule has 0 fully saturated rings. The highest BCUT2D eigenvalue weighted by Gasteiger charge is 2.13. The van der Waals surface area contributed by atoms with Gasteiger partial charge in [-0.15, -0.1) is 10.2 Å². The summed E-state index contributed by atoms with van der Waals surface area (Å²) in [4.78, 5) is 11.9. The molecular weight excluding hydrogens is 421 g/mol. The first kappa shape index (κ1) is 18.9. The molecule has 0 aliphatic heterocycles. The van der Waals surface area contributed by atoms with Crippen LogP contribution in [0.5, 0.6) is 5.75 Å². The van der Waals surface area contributed by atoms with Crippen molar-refractivity contribution in [3.63, 3.8) is 0 Å². The number of halogens is 2.